The minimum absolute atomic E-state index is 0.00523. The number of carbonyl (C=O) groups excluding carboxylic acids is 1. The fraction of sp³-hybridized carbons (Fsp3) is 0.333. The number of esters is 1. The lowest BCUT2D eigenvalue weighted by atomic mass is 10.2. The smallest absolute Gasteiger partial charge is 0.345 e. The van der Waals surface area contributed by atoms with E-state index in [2.05, 4.69) is 14.4 Å². The quantitative estimate of drug-likeness (QED) is 0.593. The highest BCUT2D eigenvalue weighted by molar-refractivity contribution is 5.94. The SMILES string of the molecule is COC(=O)c1c(C)noc1N. The molecule has 0 aromatic carbocycles. The number of hydrogen-bond donors (Lipinski definition) is 1. The monoisotopic (exact) mass is 156 g/mol. The number of rotatable bonds is 1. The van der Waals surface area contributed by atoms with Crippen molar-refractivity contribution >= 4 is 11.9 Å². The molecule has 5 heteroatoms. The molecule has 2 N–H and O–H groups in total. The van der Waals surface area contributed by atoms with E-state index in [1.54, 1.807) is 6.92 Å². The molecule has 0 spiro atoms. The Morgan fingerprint density at radius 1 is 1.73 bits per heavy atom. The zero-order valence-electron chi connectivity index (χ0n) is 6.25. The average Bonchev–Trinajstić information content (AvgIpc) is 2.30. The first-order valence-corrected chi connectivity index (χ1v) is 2.97. The van der Waals surface area contributed by atoms with Gasteiger partial charge in [0.25, 0.3) is 0 Å². The second kappa shape index (κ2) is 2.61. The first kappa shape index (κ1) is 7.59. The Balaban J connectivity index is 3.10. The predicted molar refractivity (Wildman–Crippen MR) is 37.0 cm³/mol. The van der Waals surface area contributed by atoms with E-state index >= 15 is 0 Å². The van der Waals surface area contributed by atoms with E-state index in [0.717, 1.165) is 0 Å². The number of hydrogen-bond acceptors (Lipinski definition) is 5. The molecule has 0 saturated carbocycles. The highest BCUT2D eigenvalue weighted by Crippen LogP contribution is 2.15. The minimum Gasteiger partial charge on any atom is -0.465 e. The highest BCUT2D eigenvalue weighted by Gasteiger charge is 2.18. The number of nitrogens with two attached hydrogens (primary N) is 1. The van der Waals surface area contributed by atoms with Gasteiger partial charge in [0.15, 0.2) is 0 Å². The number of aromatic nitrogens is 1. The van der Waals surface area contributed by atoms with Gasteiger partial charge in [0.05, 0.1) is 12.8 Å². The Hall–Kier alpha value is -1.52. The molecule has 0 bridgehead atoms. The van der Waals surface area contributed by atoms with Gasteiger partial charge in [-0.25, -0.2) is 4.79 Å². The summed E-state index contributed by atoms with van der Waals surface area (Å²) >= 11 is 0. The summed E-state index contributed by atoms with van der Waals surface area (Å²) in [7, 11) is 1.27. The van der Waals surface area contributed by atoms with Crippen molar-refractivity contribution in [1.82, 2.24) is 5.16 Å². The van der Waals surface area contributed by atoms with Crippen LogP contribution in [0.4, 0.5) is 5.88 Å². The van der Waals surface area contributed by atoms with Crippen molar-refractivity contribution in [1.29, 1.82) is 0 Å². The topological polar surface area (TPSA) is 78.3 Å². The van der Waals surface area contributed by atoms with E-state index in [9.17, 15) is 4.79 Å². The standard InChI is InChI=1S/C6H8N2O3/c1-3-4(6(9)10-2)5(7)11-8-3/h7H2,1-2H3. The van der Waals surface area contributed by atoms with Crippen molar-refractivity contribution in [2.75, 3.05) is 12.8 Å². The molecule has 0 aliphatic rings. The number of carbonyl (C=O) groups is 1. The number of methoxy groups -OCH3 is 1. The Morgan fingerprint density at radius 3 is 2.73 bits per heavy atom. The molecule has 0 radical (unpaired) electrons. The second-order valence-corrected chi connectivity index (χ2v) is 2.00. The predicted octanol–water partition coefficient (Wildman–Crippen LogP) is 0.352. The number of nitrogens with zero attached hydrogens (tertiary/aromatic N) is 1. The lowest BCUT2D eigenvalue weighted by Gasteiger charge is -1.94. The van der Waals surface area contributed by atoms with Gasteiger partial charge < -0.3 is 15.0 Å². The summed E-state index contributed by atoms with van der Waals surface area (Å²) in [5.74, 6) is -0.532. The lowest BCUT2D eigenvalue weighted by Crippen LogP contribution is -2.04. The first-order chi connectivity index (χ1) is 5.16. The molecule has 1 aromatic rings. The molecule has 0 unspecified atom stereocenters. The molecule has 0 fully saturated rings. The second-order valence-electron chi connectivity index (χ2n) is 2.00. The van der Waals surface area contributed by atoms with Gasteiger partial charge in [0.2, 0.25) is 5.88 Å². The van der Waals surface area contributed by atoms with Crippen molar-refractivity contribution in [2.24, 2.45) is 0 Å². The normalized spacial score (nSPS) is 9.64. The van der Waals surface area contributed by atoms with Gasteiger partial charge in [0, 0.05) is 0 Å². The van der Waals surface area contributed by atoms with Crippen LogP contribution < -0.4 is 5.73 Å². The summed E-state index contributed by atoms with van der Waals surface area (Å²) in [6.07, 6.45) is 0. The molecule has 60 valence electrons. The zero-order chi connectivity index (χ0) is 8.43. The van der Waals surface area contributed by atoms with Gasteiger partial charge in [-0.1, -0.05) is 5.16 Å². The Labute approximate surface area is 63.1 Å². The summed E-state index contributed by atoms with van der Waals surface area (Å²) in [4.78, 5) is 10.9. The van der Waals surface area contributed by atoms with Gasteiger partial charge in [0.1, 0.15) is 5.56 Å². The lowest BCUT2D eigenvalue weighted by molar-refractivity contribution is 0.0601. The van der Waals surface area contributed by atoms with Crippen LogP contribution in [0.5, 0.6) is 0 Å². The van der Waals surface area contributed by atoms with Crippen molar-refractivity contribution in [3.05, 3.63) is 11.3 Å². The summed E-state index contributed by atoms with van der Waals surface area (Å²) in [5.41, 5.74) is 5.93. The van der Waals surface area contributed by atoms with Gasteiger partial charge in [-0.15, -0.1) is 0 Å². The largest absolute Gasteiger partial charge is 0.465 e. The van der Waals surface area contributed by atoms with Crippen LogP contribution in [0, 0.1) is 6.92 Å². The van der Waals surface area contributed by atoms with Crippen molar-refractivity contribution < 1.29 is 14.1 Å². The molecule has 1 aromatic heterocycles. The Morgan fingerprint density at radius 2 is 2.36 bits per heavy atom. The summed E-state index contributed by atoms with van der Waals surface area (Å²) in [5, 5.41) is 3.48. The first-order valence-electron chi connectivity index (χ1n) is 2.97. The van der Waals surface area contributed by atoms with Gasteiger partial charge >= 0.3 is 5.97 Å². The maximum atomic E-state index is 10.9. The Kier molecular flexibility index (Phi) is 1.80. The minimum atomic E-state index is -0.527. The van der Waals surface area contributed by atoms with Crippen LogP contribution in [0.15, 0.2) is 4.52 Å². The number of ether oxygens (including phenoxy) is 1. The molecule has 0 atom stereocenters. The summed E-state index contributed by atoms with van der Waals surface area (Å²) in [6.45, 7) is 1.62. The third-order valence-electron chi connectivity index (χ3n) is 1.28. The number of aryl methyl sites for hydroxylation is 1. The van der Waals surface area contributed by atoms with Crippen LogP contribution in [0.2, 0.25) is 0 Å². The van der Waals surface area contributed by atoms with E-state index in [0.29, 0.717) is 5.69 Å². The van der Waals surface area contributed by atoms with Gasteiger partial charge in [-0.2, -0.15) is 0 Å². The Bertz CT molecular complexity index is 260. The molecular weight excluding hydrogens is 148 g/mol. The van der Waals surface area contributed by atoms with Crippen LogP contribution in [0.25, 0.3) is 0 Å². The average molecular weight is 156 g/mol. The molecule has 0 saturated heterocycles. The molecule has 11 heavy (non-hydrogen) atoms. The van der Waals surface area contributed by atoms with Crippen LogP contribution in [-0.4, -0.2) is 18.2 Å². The van der Waals surface area contributed by atoms with E-state index in [1.807, 2.05) is 0 Å². The zero-order valence-corrected chi connectivity index (χ0v) is 6.25. The van der Waals surface area contributed by atoms with Crippen molar-refractivity contribution in [2.45, 2.75) is 6.92 Å². The fourth-order valence-electron chi connectivity index (χ4n) is 0.738. The fourth-order valence-corrected chi connectivity index (χ4v) is 0.738. The van der Waals surface area contributed by atoms with Crippen LogP contribution >= 0.6 is 0 Å². The van der Waals surface area contributed by atoms with E-state index < -0.39 is 5.97 Å². The van der Waals surface area contributed by atoms with Crippen molar-refractivity contribution in [3.8, 4) is 0 Å². The van der Waals surface area contributed by atoms with Crippen LogP contribution in [0.3, 0.4) is 0 Å². The van der Waals surface area contributed by atoms with Gasteiger partial charge in [-0.3, -0.25) is 0 Å². The van der Waals surface area contributed by atoms with E-state index in [-0.39, 0.29) is 11.4 Å². The summed E-state index contributed by atoms with van der Waals surface area (Å²) in [6, 6.07) is 0. The summed E-state index contributed by atoms with van der Waals surface area (Å²) < 4.78 is 8.98. The number of anilines is 1. The van der Waals surface area contributed by atoms with Gasteiger partial charge in [-0.05, 0) is 6.92 Å². The van der Waals surface area contributed by atoms with Crippen molar-refractivity contribution in [3.63, 3.8) is 0 Å². The van der Waals surface area contributed by atoms with E-state index in [4.69, 9.17) is 5.73 Å². The molecule has 0 amide bonds. The van der Waals surface area contributed by atoms with Crippen LogP contribution in [-0.2, 0) is 4.74 Å². The number of nitrogen functional groups attached to an aromatic ring is 1. The highest BCUT2D eigenvalue weighted by atomic mass is 16.5. The molecular formula is C6H8N2O3. The molecule has 1 heterocycles. The third-order valence-corrected chi connectivity index (χ3v) is 1.28. The maximum Gasteiger partial charge on any atom is 0.345 e. The molecule has 1 rings (SSSR count). The maximum absolute atomic E-state index is 10.9. The molecule has 0 aliphatic carbocycles. The van der Waals surface area contributed by atoms with Crippen LogP contribution in [0.1, 0.15) is 16.1 Å². The van der Waals surface area contributed by atoms with E-state index in [1.165, 1.54) is 7.11 Å². The third kappa shape index (κ3) is 1.17. The molecule has 0 aliphatic heterocycles. The molecule has 5 nitrogen and oxygen atoms in total.